The first-order chi connectivity index (χ1) is 11.7. The predicted molar refractivity (Wildman–Crippen MR) is 97.6 cm³/mol. The normalized spacial score (nSPS) is 17.2. The van der Waals surface area contributed by atoms with Gasteiger partial charge in [0.25, 0.3) is 0 Å². The summed E-state index contributed by atoms with van der Waals surface area (Å²) in [6.07, 6.45) is 2.12. The van der Waals surface area contributed by atoms with E-state index in [1.807, 2.05) is 45.0 Å². The van der Waals surface area contributed by atoms with Crippen LogP contribution in [0.4, 0.5) is 0 Å². The minimum Gasteiger partial charge on any atom is -0.458 e. The largest absolute Gasteiger partial charge is 0.458 e. The van der Waals surface area contributed by atoms with Gasteiger partial charge in [-0.05, 0) is 51.3 Å². The molecule has 25 heavy (non-hydrogen) atoms. The molecule has 0 fully saturated rings. The van der Waals surface area contributed by atoms with Crippen LogP contribution in [-0.4, -0.2) is 25.9 Å². The summed E-state index contributed by atoms with van der Waals surface area (Å²) in [6, 6.07) is 7.16. The maximum absolute atomic E-state index is 12.8. The van der Waals surface area contributed by atoms with Gasteiger partial charge in [-0.2, -0.15) is 5.10 Å². The number of halogens is 1. The van der Waals surface area contributed by atoms with Gasteiger partial charge in [0.1, 0.15) is 17.5 Å². The van der Waals surface area contributed by atoms with Crippen LogP contribution in [0.1, 0.15) is 51.0 Å². The highest BCUT2D eigenvalue weighted by Crippen LogP contribution is 2.25. The molecule has 1 atom stereocenters. The molecule has 0 unspecified atom stereocenters. The van der Waals surface area contributed by atoms with Gasteiger partial charge in [0, 0.05) is 10.9 Å². The van der Waals surface area contributed by atoms with Gasteiger partial charge in [0.05, 0.1) is 6.54 Å². The van der Waals surface area contributed by atoms with Gasteiger partial charge in [0.15, 0.2) is 0 Å². The van der Waals surface area contributed by atoms with Crippen LogP contribution in [0.3, 0.4) is 0 Å². The summed E-state index contributed by atoms with van der Waals surface area (Å²) in [5.74, 6) is 0.294. The van der Waals surface area contributed by atoms with Crippen molar-refractivity contribution in [3.8, 4) is 0 Å². The van der Waals surface area contributed by atoms with E-state index in [1.54, 1.807) is 0 Å². The lowest BCUT2D eigenvalue weighted by Crippen LogP contribution is -2.38. The number of ether oxygens (including phenoxy) is 1. The highest BCUT2D eigenvalue weighted by molar-refractivity contribution is 9.10. The molecular weight excluding hydrogens is 386 g/mol. The molecule has 0 saturated heterocycles. The highest BCUT2D eigenvalue weighted by Gasteiger charge is 2.33. The second-order valence-electron chi connectivity index (χ2n) is 7.29. The molecular formula is C18H22BrN3O3. The Hall–Kier alpha value is -1.89. The van der Waals surface area contributed by atoms with E-state index in [0.717, 1.165) is 16.5 Å². The monoisotopic (exact) mass is 407 g/mol. The van der Waals surface area contributed by atoms with Crippen molar-refractivity contribution in [2.45, 2.75) is 58.2 Å². The summed E-state index contributed by atoms with van der Waals surface area (Å²) in [7, 11) is 0. The van der Waals surface area contributed by atoms with Crippen molar-refractivity contribution in [3.05, 3.63) is 50.6 Å². The third kappa shape index (κ3) is 4.03. The fourth-order valence-electron chi connectivity index (χ4n) is 2.99. The Morgan fingerprint density at radius 1 is 1.32 bits per heavy atom. The Labute approximate surface area is 154 Å². The lowest BCUT2D eigenvalue weighted by Gasteiger charge is -2.26. The van der Waals surface area contributed by atoms with Gasteiger partial charge in [-0.3, -0.25) is 4.57 Å². The van der Waals surface area contributed by atoms with Gasteiger partial charge >= 0.3 is 11.7 Å². The number of carbonyl (C=O) groups is 1. The van der Waals surface area contributed by atoms with Gasteiger partial charge in [0.2, 0.25) is 0 Å². The van der Waals surface area contributed by atoms with Crippen LogP contribution < -0.4 is 5.69 Å². The van der Waals surface area contributed by atoms with Crippen molar-refractivity contribution in [3.63, 3.8) is 0 Å². The summed E-state index contributed by atoms with van der Waals surface area (Å²) in [5, 5.41) is 4.44. The number of rotatable bonds is 3. The molecule has 1 aromatic carbocycles. The smallest absolute Gasteiger partial charge is 0.347 e. The van der Waals surface area contributed by atoms with E-state index in [-0.39, 0.29) is 11.7 Å². The van der Waals surface area contributed by atoms with E-state index in [2.05, 4.69) is 21.0 Å². The Bertz CT molecular complexity index is 831. The van der Waals surface area contributed by atoms with E-state index in [0.29, 0.717) is 25.2 Å². The van der Waals surface area contributed by atoms with Crippen LogP contribution in [0.25, 0.3) is 0 Å². The second-order valence-corrected chi connectivity index (χ2v) is 8.21. The maximum Gasteiger partial charge on any atom is 0.347 e. The zero-order valence-electron chi connectivity index (χ0n) is 14.7. The van der Waals surface area contributed by atoms with Gasteiger partial charge in [-0.15, -0.1) is 0 Å². The van der Waals surface area contributed by atoms with Gasteiger partial charge in [-0.1, -0.05) is 28.1 Å². The predicted octanol–water partition coefficient (Wildman–Crippen LogP) is 3.07. The molecule has 0 aliphatic carbocycles. The van der Waals surface area contributed by atoms with Crippen LogP contribution in [0.15, 0.2) is 33.5 Å². The van der Waals surface area contributed by atoms with E-state index >= 15 is 0 Å². The third-order valence-corrected chi connectivity index (χ3v) is 4.58. The van der Waals surface area contributed by atoms with Gasteiger partial charge < -0.3 is 4.74 Å². The standard InChI is InChI=1S/C18H22BrN3O3/c1-18(2,3)25-16(23)14-5-4-6-15-20-21(17(24)22(14)15)11-12-7-9-13(19)10-8-12/h7-10,14H,4-6,11H2,1-3H3/t14-/m0/s1. The lowest BCUT2D eigenvalue weighted by atomic mass is 10.0. The Morgan fingerprint density at radius 3 is 2.64 bits per heavy atom. The molecule has 0 amide bonds. The van der Waals surface area contributed by atoms with Crippen LogP contribution in [-0.2, 0) is 22.5 Å². The molecule has 0 saturated carbocycles. The number of esters is 1. The van der Waals surface area contributed by atoms with E-state index in [4.69, 9.17) is 4.74 Å². The SMILES string of the molecule is CC(C)(C)OC(=O)[C@@H]1CCCc2nn(Cc3ccc(Br)cc3)c(=O)n21. The first-order valence-corrected chi connectivity index (χ1v) is 9.19. The van der Waals surface area contributed by atoms with Crippen molar-refractivity contribution >= 4 is 21.9 Å². The van der Waals surface area contributed by atoms with Crippen molar-refractivity contribution in [2.75, 3.05) is 0 Å². The topological polar surface area (TPSA) is 66.1 Å². The summed E-state index contributed by atoms with van der Waals surface area (Å²) in [5.41, 5.74) is 0.147. The molecule has 134 valence electrons. The highest BCUT2D eigenvalue weighted by atomic mass is 79.9. The average Bonchev–Trinajstić information content (AvgIpc) is 2.84. The van der Waals surface area contributed by atoms with E-state index in [1.165, 1.54) is 9.25 Å². The second kappa shape index (κ2) is 6.78. The number of hydrogen-bond acceptors (Lipinski definition) is 4. The number of benzene rings is 1. The molecule has 1 aliphatic heterocycles. The number of fused-ring (bicyclic) bond motifs is 1. The molecule has 0 radical (unpaired) electrons. The van der Waals surface area contributed by atoms with E-state index in [9.17, 15) is 9.59 Å². The fraction of sp³-hybridized carbons (Fsp3) is 0.500. The fourth-order valence-corrected chi connectivity index (χ4v) is 3.25. The Kier molecular flexibility index (Phi) is 4.86. The van der Waals surface area contributed by atoms with Crippen molar-refractivity contribution in [1.82, 2.24) is 14.3 Å². The van der Waals surface area contributed by atoms with Crippen LogP contribution >= 0.6 is 15.9 Å². The van der Waals surface area contributed by atoms with Crippen LogP contribution in [0.2, 0.25) is 0 Å². The van der Waals surface area contributed by atoms with Crippen LogP contribution in [0, 0.1) is 0 Å². The average molecular weight is 408 g/mol. The van der Waals surface area contributed by atoms with Crippen molar-refractivity contribution in [2.24, 2.45) is 0 Å². The van der Waals surface area contributed by atoms with Crippen molar-refractivity contribution in [1.29, 1.82) is 0 Å². The summed E-state index contributed by atoms with van der Waals surface area (Å²) in [4.78, 5) is 25.3. The molecule has 2 heterocycles. The number of nitrogens with zero attached hydrogens (tertiary/aromatic N) is 3. The number of aromatic nitrogens is 3. The first-order valence-electron chi connectivity index (χ1n) is 8.40. The first kappa shape index (κ1) is 17.9. The van der Waals surface area contributed by atoms with Gasteiger partial charge in [-0.25, -0.2) is 14.3 Å². The summed E-state index contributed by atoms with van der Waals surface area (Å²) < 4.78 is 9.42. The number of hydrogen-bond donors (Lipinski definition) is 0. The molecule has 6 nitrogen and oxygen atoms in total. The molecule has 0 bridgehead atoms. The Balaban J connectivity index is 1.89. The molecule has 1 aromatic heterocycles. The van der Waals surface area contributed by atoms with E-state index < -0.39 is 11.6 Å². The summed E-state index contributed by atoms with van der Waals surface area (Å²) >= 11 is 3.40. The third-order valence-electron chi connectivity index (χ3n) is 4.06. The number of aryl methyl sites for hydroxylation is 1. The maximum atomic E-state index is 12.8. The summed E-state index contributed by atoms with van der Waals surface area (Å²) in [6.45, 7) is 5.87. The van der Waals surface area contributed by atoms with Crippen molar-refractivity contribution < 1.29 is 9.53 Å². The lowest BCUT2D eigenvalue weighted by molar-refractivity contribution is -0.159. The molecule has 7 heteroatoms. The minimum absolute atomic E-state index is 0.256. The zero-order valence-corrected chi connectivity index (χ0v) is 16.2. The molecule has 0 N–H and O–H groups in total. The molecule has 1 aliphatic rings. The molecule has 3 rings (SSSR count). The minimum atomic E-state index is -0.589. The zero-order chi connectivity index (χ0) is 18.2. The van der Waals surface area contributed by atoms with Crippen LogP contribution in [0.5, 0.6) is 0 Å². The number of carbonyl (C=O) groups excluding carboxylic acids is 1. The molecule has 0 spiro atoms. The quantitative estimate of drug-likeness (QED) is 0.733. The molecule has 2 aromatic rings. The Morgan fingerprint density at radius 2 is 2.00 bits per heavy atom.